The number of hydrogen-bond donors (Lipinski definition) is 1. The zero-order valence-electron chi connectivity index (χ0n) is 11.7. The van der Waals surface area contributed by atoms with E-state index >= 15 is 0 Å². The minimum Gasteiger partial charge on any atom is -0.381 e. The normalized spacial score (nSPS) is 18.0. The SMILES string of the molecule is Cc1cc(C(=O)NCC2(CF)CCOCC2)nn1C(F)F. The van der Waals surface area contributed by atoms with Crippen molar-refractivity contribution in [2.45, 2.75) is 26.3 Å². The number of hydrogen-bond acceptors (Lipinski definition) is 3. The maximum Gasteiger partial charge on any atom is 0.333 e. The number of halogens is 3. The number of amides is 1. The summed E-state index contributed by atoms with van der Waals surface area (Å²) < 4.78 is 44.1. The van der Waals surface area contributed by atoms with E-state index in [9.17, 15) is 18.0 Å². The third-order valence-electron chi connectivity index (χ3n) is 3.80. The summed E-state index contributed by atoms with van der Waals surface area (Å²) in [6.07, 6.45) is 1.04. The molecule has 2 rings (SSSR count). The van der Waals surface area contributed by atoms with E-state index in [1.165, 1.54) is 13.0 Å². The van der Waals surface area contributed by atoms with Crippen LogP contribution in [-0.2, 0) is 4.74 Å². The van der Waals surface area contributed by atoms with Crippen molar-refractivity contribution in [2.24, 2.45) is 5.41 Å². The predicted octanol–water partition coefficient (Wildman–Crippen LogP) is 2.08. The molecule has 118 valence electrons. The van der Waals surface area contributed by atoms with Crippen LogP contribution in [0.15, 0.2) is 6.07 Å². The summed E-state index contributed by atoms with van der Waals surface area (Å²) in [5.74, 6) is -0.572. The van der Waals surface area contributed by atoms with Crippen LogP contribution < -0.4 is 5.32 Å². The van der Waals surface area contributed by atoms with Crippen LogP contribution in [0.3, 0.4) is 0 Å². The van der Waals surface area contributed by atoms with E-state index in [1.807, 2.05) is 0 Å². The molecule has 1 aromatic heterocycles. The van der Waals surface area contributed by atoms with Gasteiger partial charge in [0, 0.05) is 30.9 Å². The van der Waals surface area contributed by atoms with Gasteiger partial charge in [0.05, 0.1) is 6.67 Å². The average molecular weight is 305 g/mol. The van der Waals surface area contributed by atoms with Gasteiger partial charge in [0.1, 0.15) is 0 Å². The number of alkyl halides is 3. The summed E-state index contributed by atoms with van der Waals surface area (Å²) in [6.45, 7) is -0.845. The van der Waals surface area contributed by atoms with Gasteiger partial charge in [-0.1, -0.05) is 0 Å². The lowest BCUT2D eigenvalue weighted by atomic mass is 9.81. The first-order valence-electron chi connectivity index (χ1n) is 6.74. The molecule has 0 unspecified atom stereocenters. The molecule has 0 saturated carbocycles. The number of rotatable bonds is 5. The lowest BCUT2D eigenvalue weighted by molar-refractivity contribution is 0.00256. The first-order valence-corrected chi connectivity index (χ1v) is 6.74. The van der Waals surface area contributed by atoms with Gasteiger partial charge in [-0.25, -0.2) is 4.68 Å². The summed E-state index contributed by atoms with van der Waals surface area (Å²) in [6, 6.07) is 1.29. The second-order valence-electron chi connectivity index (χ2n) is 5.32. The Morgan fingerprint density at radius 3 is 2.71 bits per heavy atom. The molecule has 21 heavy (non-hydrogen) atoms. The third kappa shape index (κ3) is 3.55. The van der Waals surface area contributed by atoms with Crippen LogP contribution in [-0.4, -0.2) is 42.1 Å². The molecule has 8 heteroatoms. The Kier molecular flexibility index (Phi) is 4.87. The van der Waals surface area contributed by atoms with E-state index < -0.39 is 24.5 Å². The summed E-state index contributed by atoms with van der Waals surface area (Å²) in [5, 5.41) is 6.14. The quantitative estimate of drug-likeness (QED) is 0.906. The predicted molar refractivity (Wildman–Crippen MR) is 69.0 cm³/mol. The zero-order valence-corrected chi connectivity index (χ0v) is 11.7. The van der Waals surface area contributed by atoms with Crippen molar-refractivity contribution in [3.8, 4) is 0 Å². The molecule has 1 fully saturated rings. The van der Waals surface area contributed by atoms with Crippen molar-refractivity contribution in [1.82, 2.24) is 15.1 Å². The lowest BCUT2D eigenvalue weighted by Crippen LogP contribution is -2.43. The highest BCUT2D eigenvalue weighted by atomic mass is 19.3. The minimum atomic E-state index is -2.79. The lowest BCUT2D eigenvalue weighted by Gasteiger charge is -2.34. The molecule has 1 N–H and O–H groups in total. The number of carbonyl (C=O) groups excluding carboxylic acids is 1. The summed E-state index contributed by atoms with van der Waals surface area (Å²) in [5.41, 5.74) is -0.524. The van der Waals surface area contributed by atoms with Gasteiger partial charge in [0.2, 0.25) is 0 Å². The molecule has 5 nitrogen and oxygen atoms in total. The molecule has 0 bridgehead atoms. The fraction of sp³-hybridized carbons (Fsp3) is 0.692. The van der Waals surface area contributed by atoms with Gasteiger partial charge in [0.25, 0.3) is 5.91 Å². The average Bonchev–Trinajstić information content (AvgIpc) is 2.88. The highest BCUT2D eigenvalue weighted by Gasteiger charge is 2.33. The van der Waals surface area contributed by atoms with E-state index in [4.69, 9.17) is 4.74 Å². The monoisotopic (exact) mass is 305 g/mol. The summed E-state index contributed by atoms with van der Waals surface area (Å²) >= 11 is 0. The van der Waals surface area contributed by atoms with Crippen molar-refractivity contribution in [3.05, 3.63) is 17.5 Å². The topological polar surface area (TPSA) is 56.1 Å². The van der Waals surface area contributed by atoms with Crippen molar-refractivity contribution < 1.29 is 22.7 Å². The fourth-order valence-corrected chi connectivity index (χ4v) is 2.32. The minimum absolute atomic E-state index is 0.0890. The maximum atomic E-state index is 13.2. The molecular weight excluding hydrogens is 287 g/mol. The third-order valence-corrected chi connectivity index (χ3v) is 3.80. The number of aromatic nitrogens is 2. The number of ether oxygens (including phenoxy) is 1. The molecule has 0 atom stereocenters. The van der Waals surface area contributed by atoms with Crippen LogP contribution in [0.5, 0.6) is 0 Å². The van der Waals surface area contributed by atoms with Crippen LogP contribution in [0.4, 0.5) is 13.2 Å². The van der Waals surface area contributed by atoms with E-state index in [1.54, 1.807) is 0 Å². The summed E-state index contributed by atoms with van der Waals surface area (Å²) in [7, 11) is 0. The second kappa shape index (κ2) is 6.46. The van der Waals surface area contributed by atoms with Gasteiger partial charge in [-0.05, 0) is 25.8 Å². The van der Waals surface area contributed by atoms with Crippen LogP contribution in [0.2, 0.25) is 0 Å². The Morgan fingerprint density at radius 1 is 1.52 bits per heavy atom. The summed E-state index contributed by atoms with van der Waals surface area (Å²) in [4.78, 5) is 11.9. The van der Waals surface area contributed by atoms with Gasteiger partial charge >= 0.3 is 6.55 Å². The van der Waals surface area contributed by atoms with Crippen molar-refractivity contribution in [3.63, 3.8) is 0 Å². The molecule has 0 radical (unpaired) electrons. The van der Waals surface area contributed by atoms with Crippen LogP contribution in [0.25, 0.3) is 0 Å². The molecule has 1 aliphatic rings. The van der Waals surface area contributed by atoms with Crippen molar-refractivity contribution in [2.75, 3.05) is 26.4 Å². The number of carbonyl (C=O) groups is 1. The molecule has 0 aromatic carbocycles. The maximum absolute atomic E-state index is 13.2. The van der Waals surface area contributed by atoms with E-state index in [0.29, 0.717) is 30.7 Å². The van der Waals surface area contributed by atoms with E-state index in [-0.39, 0.29) is 17.9 Å². The highest BCUT2D eigenvalue weighted by molar-refractivity contribution is 5.92. The van der Waals surface area contributed by atoms with Crippen LogP contribution in [0, 0.1) is 12.3 Å². The molecule has 2 heterocycles. The molecule has 1 aliphatic heterocycles. The van der Waals surface area contributed by atoms with Crippen LogP contribution in [0.1, 0.15) is 35.6 Å². The number of nitrogens with zero attached hydrogens (tertiary/aromatic N) is 2. The highest BCUT2D eigenvalue weighted by Crippen LogP contribution is 2.30. The first kappa shape index (κ1) is 15.8. The first-order chi connectivity index (χ1) is 9.97. The molecule has 1 amide bonds. The van der Waals surface area contributed by atoms with Gasteiger partial charge in [0.15, 0.2) is 5.69 Å². The number of nitrogens with one attached hydrogen (secondary N) is 1. The van der Waals surface area contributed by atoms with Crippen molar-refractivity contribution >= 4 is 5.91 Å². The largest absolute Gasteiger partial charge is 0.381 e. The molecule has 1 saturated heterocycles. The Bertz CT molecular complexity index is 499. The van der Waals surface area contributed by atoms with Gasteiger partial charge in [-0.3, -0.25) is 9.18 Å². The standard InChI is InChI=1S/C13H18F3N3O2/c1-9-6-10(18-19(9)12(15)16)11(20)17-8-13(7-14)2-4-21-5-3-13/h6,12H,2-5,7-8H2,1H3,(H,17,20). The van der Waals surface area contributed by atoms with E-state index in [0.717, 1.165) is 0 Å². The molecule has 0 aliphatic carbocycles. The van der Waals surface area contributed by atoms with Gasteiger partial charge in [-0.2, -0.15) is 13.9 Å². The van der Waals surface area contributed by atoms with E-state index in [2.05, 4.69) is 10.4 Å². The second-order valence-corrected chi connectivity index (χ2v) is 5.32. The van der Waals surface area contributed by atoms with Gasteiger partial charge in [-0.15, -0.1) is 0 Å². The molecule has 1 aromatic rings. The Labute approximate surface area is 120 Å². The fourth-order valence-electron chi connectivity index (χ4n) is 2.32. The Hall–Kier alpha value is -1.57. The smallest absolute Gasteiger partial charge is 0.333 e. The Balaban J connectivity index is 1.99. The van der Waals surface area contributed by atoms with Crippen LogP contribution >= 0.6 is 0 Å². The van der Waals surface area contributed by atoms with Gasteiger partial charge < -0.3 is 10.1 Å². The Morgan fingerprint density at radius 2 is 2.19 bits per heavy atom. The number of aryl methyl sites for hydroxylation is 1. The zero-order chi connectivity index (χ0) is 15.5. The molecular formula is C13H18F3N3O2. The molecule has 0 spiro atoms. The van der Waals surface area contributed by atoms with Crippen molar-refractivity contribution in [1.29, 1.82) is 0 Å².